The van der Waals surface area contributed by atoms with Gasteiger partial charge in [0.25, 0.3) is 0 Å². The van der Waals surface area contributed by atoms with Gasteiger partial charge in [-0.2, -0.15) is 0 Å². The van der Waals surface area contributed by atoms with E-state index in [1.807, 2.05) is 0 Å². The maximum atomic E-state index is 12.9. The Kier molecular flexibility index (Phi) is 7.42. The Labute approximate surface area is 110 Å². The van der Waals surface area contributed by atoms with Gasteiger partial charge in [0.05, 0.1) is 0 Å². The molecule has 0 aromatic heterocycles. The maximum absolute atomic E-state index is 12.9. The smallest absolute Gasteiger partial charge is 0.126 e. The molecule has 0 saturated carbocycles. The molecule has 0 aliphatic carbocycles. The summed E-state index contributed by atoms with van der Waals surface area (Å²) in [4.78, 5) is 0. The Hall–Kier alpha value is -1.09. The fourth-order valence-corrected chi connectivity index (χ4v) is 1.83. The van der Waals surface area contributed by atoms with Crippen LogP contribution in [0.25, 0.3) is 0 Å². The molecule has 18 heavy (non-hydrogen) atoms. The number of hydrogen-bond donors (Lipinski definition) is 1. The first-order valence-corrected chi connectivity index (χ1v) is 6.84. The van der Waals surface area contributed by atoms with Gasteiger partial charge in [0.2, 0.25) is 0 Å². The molecule has 1 atom stereocenters. The lowest BCUT2D eigenvalue weighted by atomic mass is 10.1. The Morgan fingerprint density at radius 1 is 1.33 bits per heavy atom. The minimum atomic E-state index is -0.256. The van der Waals surface area contributed by atoms with Crippen LogP contribution in [0.5, 0.6) is 5.75 Å². The summed E-state index contributed by atoms with van der Waals surface area (Å²) in [5, 5.41) is 3.41. The fraction of sp³-hybridized carbons (Fsp3) is 0.600. The Morgan fingerprint density at radius 2 is 2.17 bits per heavy atom. The van der Waals surface area contributed by atoms with Crippen LogP contribution in [0.4, 0.5) is 4.39 Å². The number of nitrogens with one attached hydrogen (secondary N) is 1. The summed E-state index contributed by atoms with van der Waals surface area (Å²) >= 11 is 0. The molecule has 0 fully saturated rings. The third-order valence-electron chi connectivity index (χ3n) is 2.90. The highest BCUT2D eigenvalue weighted by Crippen LogP contribution is 2.11. The zero-order chi connectivity index (χ0) is 13.2. The van der Waals surface area contributed by atoms with Crippen molar-refractivity contribution in [2.45, 2.75) is 45.6 Å². The number of rotatable bonds is 9. The van der Waals surface area contributed by atoms with E-state index in [2.05, 4.69) is 19.2 Å². The number of benzene rings is 1. The van der Waals surface area contributed by atoms with E-state index < -0.39 is 0 Å². The zero-order valence-corrected chi connectivity index (χ0v) is 11.4. The largest absolute Gasteiger partial charge is 0.492 e. The van der Waals surface area contributed by atoms with Crippen molar-refractivity contribution >= 4 is 0 Å². The van der Waals surface area contributed by atoms with Gasteiger partial charge < -0.3 is 10.1 Å². The van der Waals surface area contributed by atoms with Crippen molar-refractivity contribution in [2.24, 2.45) is 0 Å². The summed E-state index contributed by atoms with van der Waals surface area (Å²) in [7, 11) is 0. The first kappa shape index (κ1) is 15.0. The summed E-state index contributed by atoms with van der Waals surface area (Å²) in [5.41, 5.74) is 0. The molecule has 1 N–H and O–H groups in total. The molecule has 0 aliphatic heterocycles. The van der Waals surface area contributed by atoms with Crippen LogP contribution in [0.1, 0.15) is 39.5 Å². The zero-order valence-electron chi connectivity index (χ0n) is 11.4. The molecule has 0 radical (unpaired) electrons. The Balaban J connectivity index is 2.07. The molecule has 0 aliphatic rings. The molecule has 0 bridgehead atoms. The van der Waals surface area contributed by atoms with Gasteiger partial charge >= 0.3 is 0 Å². The van der Waals surface area contributed by atoms with Gasteiger partial charge in [-0.05, 0) is 25.5 Å². The second kappa shape index (κ2) is 8.92. The van der Waals surface area contributed by atoms with Crippen molar-refractivity contribution in [1.82, 2.24) is 5.32 Å². The third-order valence-corrected chi connectivity index (χ3v) is 2.90. The number of hydrogen-bond acceptors (Lipinski definition) is 2. The average molecular weight is 253 g/mol. The van der Waals surface area contributed by atoms with Gasteiger partial charge in [-0.15, -0.1) is 0 Å². The van der Waals surface area contributed by atoms with E-state index >= 15 is 0 Å². The van der Waals surface area contributed by atoms with Crippen LogP contribution >= 0.6 is 0 Å². The Bertz CT molecular complexity index is 330. The van der Waals surface area contributed by atoms with Gasteiger partial charge in [0.15, 0.2) is 0 Å². The summed E-state index contributed by atoms with van der Waals surface area (Å²) in [6.45, 7) is 5.77. The second-order valence-corrected chi connectivity index (χ2v) is 4.66. The molecule has 0 amide bonds. The molecule has 2 nitrogen and oxygen atoms in total. The minimum Gasteiger partial charge on any atom is -0.492 e. The molecular formula is C15H24FNO. The van der Waals surface area contributed by atoms with Crippen LogP contribution in [-0.2, 0) is 0 Å². The molecule has 1 aromatic rings. The van der Waals surface area contributed by atoms with Gasteiger partial charge in [-0.3, -0.25) is 0 Å². The number of halogens is 1. The quantitative estimate of drug-likeness (QED) is 0.676. The van der Waals surface area contributed by atoms with Crippen molar-refractivity contribution in [3.63, 3.8) is 0 Å². The van der Waals surface area contributed by atoms with Crippen LogP contribution in [0.3, 0.4) is 0 Å². The van der Waals surface area contributed by atoms with Gasteiger partial charge in [0, 0.05) is 18.7 Å². The predicted octanol–water partition coefficient (Wildman–Crippen LogP) is 3.76. The lowest BCUT2D eigenvalue weighted by Gasteiger charge is -2.14. The molecule has 1 unspecified atom stereocenters. The van der Waals surface area contributed by atoms with E-state index in [1.54, 1.807) is 12.1 Å². The second-order valence-electron chi connectivity index (χ2n) is 4.66. The van der Waals surface area contributed by atoms with Crippen LogP contribution in [0.2, 0.25) is 0 Å². The number of unbranched alkanes of at least 4 members (excludes halogenated alkanes) is 2. The molecule has 1 rings (SSSR count). The van der Waals surface area contributed by atoms with Crippen molar-refractivity contribution in [1.29, 1.82) is 0 Å². The standard InChI is InChI=1S/C15H24FNO/c1-3-4-5-7-13(2)17-10-11-18-15-9-6-8-14(16)12-15/h6,8-9,12-13,17H,3-5,7,10-11H2,1-2H3. The van der Waals surface area contributed by atoms with Crippen molar-refractivity contribution in [3.05, 3.63) is 30.1 Å². The van der Waals surface area contributed by atoms with Crippen molar-refractivity contribution in [3.8, 4) is 5.75 Å². The van der Waals surface area contributed by atoms with E-state index in [0.29, 0.717) is 18.4 Å². The molecule has 3 heteroatoms. The topological polar surface area (TPSA) is 21.3 Å². The summed E-state index contributed by atoms with van der Waals surface area (Å²) in [5.74, 6) is 0.337. The fourth-order valence-electron chi connectivity index (χ4n) is 1.83. The molecule has 1 aromatic carbocycles. The molecule has 0 saturated heterocycles. The first-order valence-electron chi connectivity index (χ1n) is 6.84. The highest BCUT2D eigenvalue weighted by atomic mass is 19.1. The highest BCUT2D eigenvalue weighted by Gasteiger charge is 2.01. The van der Waals surface area contributed by atoms with E-state index in [9.17, 15) is 4.39 Å². The third kappa shape index (κ3) is 6.60. The summed E-state index contributed by atoms with van der Waals surface area (Å²) in [6.07, 6.45) is 5.03. The van der Waals surface area contributed by atoms with Crippen LogP contribution in [0.15, 0.2) is 24.3 Å². The van der Waals surface area contributed by atoms with Crippen LogP contribution in [-0.4, -0.2) is 19.2 Å². The SMILES string of the molecule is CCCCCC(C)NCCOc1cccc(F)c1. The maximum Gasteiger partial charge on any atom is 0.126 e. The first-order chi connectivity index (χ1) is 8.72. The average Bonchev–Trinajstić information content (AvgIpc) is 2.35. The van der Waals surface area contributed by atoms with Crippen molar-refractivity contribution < 1.29 is 9.13 Å². The highest BCUT2D eigenvalue weighted by molar-refractivity contribution is 5.22. The normalized spacial score (nSPS) is 12.4. The van der Waals surface area contributed by atoms with E-state index in [4.69, 9.17) is 4.74 Å². The van der Waals surface area contributed by atoms with Gasteiger partial charge in [-0.25, -0.2) is 4.39 Å². The summed E-state index contributed by atoms with van der Waals surface area (Å²) in [6, 6.07) is 6.78. The summed E-state index contributed by atoms with van der Waals surface area (Å²) < 4.78 is 18.3. The van der Waals surface area contributed by atoms with Crippen LogP contribution in [0, 0.1) is 5.82 Å². The van der Waals surface area contributed by atoms with Gasteiger partial charge in [-0.1, -0.05) is 32.3 Å². The van der Waals surface area contributed by atoms with Gasteiger partial charge in [0.1, 0.15) is 18.2 Å². The number of ether oxygens (including phenoxy) is 1. The van der Waals surface area contributed by atoms with E-state index in [-0.39, 0.29) is 5.82 Å². The molecule has 102 valence electrons. The lowest BCUT2D eigenvalue weighted by Crippen LogP contribution is -2.30. The molecular weight excluding hydrogens is 229 g/mol. The van der Waals surface area contributed by atoms with E-state index in [0.717, 1.165) is 6.54 Å². The van der Waals surface area contributed by atoms with Crippen LogP contribution < -0.4 is 10.1 Å². The molecule has 0 heterocycles. The van der Waals surface area contributed by atoms with Crippen molar-refractivity contribution in [2.75, 3.05) is 13.2 Å². The molecule has 0 spiro atoms. The predicted molar refractivity (Wildman–Crippen MR) is 73.5 cm³/mol. The Morgan fingerprint density at radius 3 is 2.89 bits per heavy atom. The minimum absolute atomic E-state index is 0.256. The lowest BCUT2D eigenvalue weighted by molar-refractivity contribution is 0.303. The monoisotopic (exact) mass is 253 g/mol. The van der Waals surface area contributed by atoms with E-state index in [1.165, 1.54) is 37.8 Å².